The highest BCUT2D eigenvalue weighted by molar-refractivity contribution is 7.09. The van der Waals surface area contributed by atoms with Crippen LogP contribution in [0.2, 0.25) is 0 Å². The molecule has 1 aromatic heterocycles. The number of thiazole rings is 1. The number of benzene rings is 2. The van der Waals surface area contributed by atoms with E-state index in [1.165, 1.54) is 23.5 Å². The first kappa shape index (κ1) is 24.8. The van der Waals surface area contributed by atoms with Gasteiger partial charge in [-0.1, -0.05) is 6.07 Å². The second-order valence-electron chi connectivity index (χ2n) is 7.11. The molecule has 0 radical (unpaired) electrons. The molecule has 0 fully saturated rings. The zero-order valence-electron chi connectivity index (χ0n) is 19.0. The predicted octanol–water partition coefficient (Wildman–Crippen LogP) is 2.92. The first-order chi connectivity index (χ1) is 16.5. The number of rotatable bonds is 12. The van der Waals surface area contributed by atoms with Crippen LogP contribution in [0.4, 0.5) is 0 Å². The second-order valence-corrected chi connectivity index (χ2v) is 8.05. The molecule has 0 saturated carbocycles. The van der Waals surface area contributed by atoms with Crippen LogP contribution in [0.15, 0.2) is 47.8 Å². The number of phenols is 1. The van der Waals surface area contributed by atoms with Crippen LogP contribution in [0, 0.1) is 0 Å². The predicted molar refractivity (Wildman–Crippen MR) is 128 cm³/mol. The summed E-state index contributed by atoms with van der Waals surface area (Å²) in [5.41, 5.74) is 1.32. The van der Waals surface area contributed by atoms with Gasteiger partial charge in [-0.2, -0.15) is 0 Å². The molecule has 2 aromatic carbocycles. The van der Waals surface area contributed by atoms with E-state index in [1.807, 2.05) is 25.1 Å². The largest absolute Gasteiger partial charge is 0.508 e. The number of hydrogen-bond donors (Lipinski definition) is 3. The van der Waals surface area contributed by atoms with Gasteiger partial charge in [0.05, 0.1) is 20.3 Å². The molecule has 3 N–H and O–H groups in total. The number of nitrogens with one attached hydrogen (secondary N) is 2. The molecular formula is C24H27N3O6S. The summed E-state index contributed by atoms with van der Waals surface area (Å²) in [5.74, 6) is 1.35. The van der Waals surface area contributed by atoms with E-state index in [2.05, 4.69) is 15.6 Å². The Bertz CT molecular complexity index is 1100. The molecule has 180 valence electrons. The highest BCUT2D eigenvalue weighted by atomic mass is 32.1. The Balaban J connectivity index is 1.41. The molecule has 34 heavy (non-hydrogen) atoms. The fraction of sp³-hybridized carbons (Fsp3) is 0.292. The van der Waals surface area contributed by atoms with Crippen LogP contribution in [-0.2, 0) is 17.8 Å². The van der Waals surface area contributed by atoms with Gasteiger partial charge in [0, 0.05) is 11.9 Å². The Morgan fingerprint density at radius 2 is 1.85 bits per heavy atom. The Morgan fingerprint density at radius 1 is 1.06 bits per heavy atom. The van der Waals surface area contributed by atoms with Gasteiger partial charge in [-0.3, -0.25) is 9.59 Å². The van der Waals surface area contributed by atoms with Gasteiger partial charge in [-0.05, 0) is 55.3 Å². The van der Waals surface area contributed by atoms with Crippen LogP contribution < -0.4 is 24.8 Å². The third kappa shape index (κ3) is 7.38. The van der Waals surface area contributed by atoms with Crippen molar-refractivity contribution in [1.82, 2.24) is 15.6 Å². The fourth-order valence-corrected chi connectivity index (χ4v) is 3.68. The summed E-state index contributed by atoms with van der Waals surface area (Å²) in [5, 5.41) is 17.1. The number of hydrogen-bond acceptors (Lipinski definition) is 8. The van der Waals surface area contributed by atoms with E-state index in [9.17, 15) is 14.7 Å². The molecule has 0 aliphatic rings. The lowest BCUT2D eigenvalue weighted by Gasteiger charge is -2.11. The molecular weight excluding hydrogens is 458 g/mol. The summed E-state index contributed by atoms with van der Waals surface area (Å²) >= 11 is 1.29. The fourth-order valence-electron chi connectivity index (χ4n) is 2.97. The number of phenolic OH excluding ortho intramolecular Hbond substituents is 1. The molecule has 0 aliphatic carbocycles. The smallest absolute Gasteiger partial charge is 0.270 e. The lowest BCUT2D eigenvalue weighted by Crippen LogP contribution is -2.28. The SMILES string of the molecule is CCOc1cc(CCNC(=O)c2csc(CNC(=O)COc3ccc(O)cc3)n2)ccc1OC. The highest BCUT2D eigenvalue weighted by Gasteiger charge is 2.12. The summed E-state index contributed by atoms with van der Waals surface area (Å²) in [6.45, 7) is 2.91. The Hall–Kier alpha value is -3.79. The Morgan fingerprint density at radius 3 is 2.59 bits per heavy atom. The molecule has 0 aliphatic heterocycles. The van der Waals surface area contributed by atoms with Crippen LogP contribution in [0.5, 0.6) is 23.0 Å². The van der Waals surface area contributed by atoms with Gasteiger partial charge in [0.15, 0.2) is 18.1 Å². The maximum absolute atomic E-state index is 12.4. The number of aromatic nitrogens is 1. The minimum atomic E-state index is -0.319. The molecule has 0 unspecified atom stereocenters. The van der Waals surface area contributed by atoms with Gasteiger partial charge in [-0.25, -0.2) is 4.98 Å². The molecule has 1 heterocycles. The van der Waals surface area contributed by atoms with E-state index in [0.29, 0.717) is 47.5 Å². The average molecular weight is 486 g/mol. The first-order valence-corrected chi connectivity index (χ1v) is 11.6. The second kappa shape index (κ2) is 12.4. The molecule has 0 atom stereocenters. The molecule has 0 saturated heterocycles. The van der Waals surface area contributed by atoms with E-state index in [-0.39, 0.29) is 30.7 Å². The number of amides is 2. The highest BCUT2D eigenvalue weighted by Crippen LogP contribution is 2.28. The normalized spacial score (nSPS) is 10.4. The average Bonchev–Trinajstić information content (AvgIpc) is 3.32. The standard InChI is InChI=1S/C24H27N3O6S/c1-3-32-21-12-16(4-9-20(21)31-2)10-11-25-24(30)19-15-34-23(27-19)13-26-22(29)14-33-18-7-5-17(28)6-8-18/h4-9,12,15,28H,3,10-11,13-14H2,1-2H3,(H,25,30)(H,26,29). The number of nitrogens with zero attached hydrogens (tertiary/aromatic N) is 1. The first-order valence-electron chi connectivity index (χ1n) is 10.7. The van der Waals surface area contributed by atoms with Crippen molar-refractivity contribution in [3.05, 3.63) is 64.1 Å². The van der Waals surface area contributed by atoms with Crippen molar-refractivity contribution in [3.8, 4) is 23.0 Å². The van der Waals surface area contributed by atoms with E-state index < -0.39 is 0 Å². The number of methoxy groups -OCH3 is 1. The summed E-state index contributed by atoms with van der Waals surface area (Å²) in [4.78, 5) is 28.7. The van der Waals surface area contributed by atoms with Crippen LogP contribution in [-0.4, -0.2) is 48.8 Å². The monoisotopic (exact) mass is 485 g/mol. The van der Waals surface area contributed by atoms with Crippen LogP contribution in [0.25, 0.3) is 0 Å². The van der Waals surface area contributed by atoms with E-state index in [0.717, 1.165) is 5.56 Å². The molecule has 0 spiro atoms. The van der Waals surface area contributed by atoms with Gasteiger partial charge in [0.2, 0.25) is 0 Å². The molecule has 10 heteroatoms. The van der Waals surface area contributed by atoms with Gasteiger partial charge < -0.3 is 30.0 Å². The van der Waals surface area contributed by atoms with Crippen LogP contribution in [0.3, 0.4) is 0 Å². The van der Waals surface area contributed by atoms with Crippen molar-refractivity contribution in [3.63, 3.8) is 0 Å². The van der Waals surface area contributed by atoms with Crippen molar-refractivity contribution in [2.75, 3.05) is 26.9 Å². The maximum Gasteiger partial charge on any atom is 0.270 e. The molecule has 0 bridgehead atoms. The van der Waals surface area contributed by atoms with Gasteiger partial charge in [-0.15, -0.1) is 11.3 Å². The molecule has 9 nitrogen and oxygen atoms in total. The quantitative estimate of drug-likeness (QED) is 0.361. The lowest BCUT2D eigenvalue weighted by atomic mass is 10.1. The van der Waals surface area contributed by atoms with Gasteiger partial charge in [0.25, 0.3) is 11.8 Å². The number of carbonyl (C=O) groups excluding carboxylic acids is 2. The zero-order valence-corrected chi connectivity index (χ0v) is 19.8. The number of carbonyl (C=O) groups is 2. The summed E-state index contributed by atoms with van der Waals surface area (Å²) < 4.78 is 16.2. The van der Waals surface area contributed by atoms with E-state index in [1.54, 1.807) is 24.6 Å². The van der Waals surface area contributed by atoms with Gasteiger partial charge in [0.1, 0.15) is 22.2 Å². The van der Waals surface area contributed by atoms with Crippen molar-refractivity contribution >= 4 is 23.2 Å². The summed E-state index contributed by atoms with van der Waals surface area (Å²) in [6.07, 6.45) is 0.629. The van der Waals surface area contributed by atoms with Crippen molar-refractivity contribution in [1.29, 1.82) is 0 Å². The lowest BCUT2D eigenvalue weighted by molar-refractivity contribution is -0.123. The summed E-state index contributed by atoms with van der Waals surface area (Å²) in [6, 6.07) is 11.8. The molecule has 3 rings (SSSR count). The van der Waals surface area contributed by atoms with E-state index in [4.69, 9.17) is 14.2 Å². The van der Waals surface area contributed by atoms with Crippen LogP contribution in [0.1, 0.15) is 28.0 Å². The minimum absolute atomic E-state index is 0.122. The number of ether oxygens (including phenoxy) is 3. The Kier molecular flexibility index (Phi) is 9.10. The minimum Gasteiger partial charge on any atom is -0.508 e. The van der Waals surface area contributed by atoms with Crippen LogP contribution >= 0.6 is 11.3 Å². The van der Waals surface area contributed by atoms with E-state index >= 15 is 0 Å². The van der Waals surface area contributed by atoms with Crippen molar-refractivity contribution in [2.45, 2.75) is 19.9 Å². The van der Waals surface area contributed by atoms with Crippen molar-refractivity contribution in [2.24, 2.45) is 0 Å². The Labute approximate surface area is 201 Å². The third-order valence-corrected chi connectivity index (χ3v) is 5.50. The third-order valence-electron chi connectivity index (χ3n) is 4.65. The molecule has 2 amide bonds. The maximum atomic E-state index is 12.4. The number of aromatic hydroxyl groups is 1. The molecule has 3 aromatic rings. The zero-order chi connectivity index (χ0) is 24.3. The van der Waals surface area contributed by atoms with Crippen molar-refractivity contribution < 1.29 is 28.9 Å². The van der Waals surface area contributed by atoms with Gasteiger partial charge >= 0.3 is 0 Å². The summed E-state index contributed by atoms with van der Waals surface area (Å²) in [7, 11) is 1.59. The topological polar surface area (TPSA) is 119 Å².